The topological polar surface area (TPSA) is 110 Å². The van der Waals surface area contributed by atoms with Crippen molar-refractivity contribution in [2.24, 2.45) is 0 Å². The number of hydrogen-bond donors (Lipinski definition) is 3. The Kier molecular flexibility index (Phi) is 4.26. The monoisotopic (exact) mass is 296 g/mol. The third-order valence-corrected chi connectivity index (χ3v) is 4.07. The molecule has 20 heavy (non-hydrogen) atoms. The second-order valence-corrected chi connectivity index (χ2v) is 5.80. The Bertz CT molecular complexity index is 664. The number of sulfonamides is 1. The second-order valence-electron chi connectivity index (χ2n) is 4.04. The van der Waals surface area contributed by atoms with E-state index in [1.165, 1.54) is 18.3 Å². The third kappa shape index (κ3) is 3.28. The summed E-state index contributed by atoms with van der Waals surface area (Å²) in [6.45, 7) is 2.48. The largest absolute Gasteiger partial charge is 0.494 e. The number of nitrogens with zero attached hydrogens (tertiary/aromatic N) is 1. The van der Waals surface area contributed by atoms with Crippen molar-refractivity contribution in [3.63, 3.8) is 0 Å². The van der Waals surface area contributed by atoms with Crippen LogP contribution in [0.4, 0.5) is 5.82 Å². The van der Waals surface area contributed by atoms with Crippen molar-refractivity contribution < 1.29 is 13.2 Å². The van der Waals surface area contributed by atoms with Crippen molar-refractivity contribution >= 4 is 15.8 Å². The zero-order chi connectivity index (χ0) is 14.6. The van der Waals surface area contributed by atoms with Gasteiger partial charge in [-0.3, -0.25) is 5.10 Å². The summed E-state index contributed by atoms with van der Waals surface area (Å²) in [7, 11) is -3.59. The number of aromatic amines is 1. The van der Waals surface area contributed by atoms with E-state index in [0.29, 0.717) is 23.7 Å². The van der Waals surface area contributed by atoms with E-state index in [-0.39, 0.29) is 11.4 Å². The molecule has 0 unspecified atom stereocenters. The van der Waals surface area contributed by atoms with Gasteiger partial charge in [-0.25, -0.2) is 13.1 Å². The second kappa shape index (κ2) is 5.93. The Labute approximate surface area is 117 Å². The summed E-state index contributed by atoms with van der Waals surface area (Å²) in [5, 5.41) is 6.27. The van der Waals surface area contributed by atoms with Crippen LogP contribution >= 0.6 is 0 Å². The van der Waals surface area contributed by atoms with Crippen LogP contribution in [0.5, 0.6) is 5.75 Å². The molecule has 0 aliphatic carbocycles. The molecule has 0 radical (unpaired) electrons. The highest BCUT2D eigenvalue weighted by Crippen LogP contribution is 2.16. The minimum atomic E-state index is -3.59. The lowest BCUT2D eigenvalue weighted by molar-refractivity contribution is 0.340. The number of nitrogens with two attached hydrogens (primary N) is 1. The summed E-state index contributed by atoms with van der Waals surface area (Å²) in [5.41, 5.74) is 6.19. The summed E-state index contributed by atoms with van der Waals surface area (Å²) < 4.78 is 31.9. The van der Waals surface area contributed by atoms with Gasteiger partial charge in [-0.15, -0.1) is 0 Å². The molecule has 0 spiro atoms. The lowest BCUT2D eigenvalue weighted by Gasteiger charge is -2.07. The van der Waals surface area contributed by atoms with Gasteiger partial charge < -0.3 is 10.5 Å². The van der Waals surface area contributed by atoms with Crippen LogP contribution in [0.1, 0.15) is 12.5 Å². The van der Waals surface area contributed by atoms with Gasteiger partial charge in [0.15, 0.2) is 0 Å². The molecule has 0 aliphatic rings. The molecule has 7 nitrogen and oxygen atoms in total. The predicted octanol–water partition coefficient (Wildman–Crippen LogP) is 0.869. The van der Waals surface area contributed by atoms with E-state index in [1.54, 1.807) is 12.1 Å². The Morgan fingerprint density at radius 3 is 2.60 bits per heavy atom. The maximum Gasteiger partial charge on any atom is 0.240 e. The van der Waals surface area contributed by atoms with E-state index in [4.69, 9.17) is 10.5 Å². The van der Waals surface area contributed by atoms with Crippen LogP contribution in [-0.4, -0.2) is 25.2 Å². The minimum Gasteiger partial charge on any atom is -0.494 e. The maximum absolute atomic E-state index is 12.1. The number of rotatable bonds is 6. The van der Waals surface area contributed by atoms with Crippen LogP contribution in [0.2, 0.25) is 0 Å². The van der Waals surface area contributed by atoms with E-state index in [2.05, 4.69) is 14.9 Å². The molecule has 0 saturated carbocycles. The number of ether oxygens (including phenoxy) is 1. The summed E-state index contributed by atoms with van der Waals surface area (Å²) in [5.74, 6) is 0.977. The first-order valence-corrected chi connectivity index (χ1v) is 7.51. The Hall–Kier alpha value is -2.06. The normalized spacial score (nSPS) is 11.4. The Balaban J connectivity index is 2.08. The van der Waals surface area contributed by atoms with Crippen molar-refractivity contribution in [1.29, 1.82) is 0 Å². The first-order valence-electron chi connectivity index (χ1n) is 6.03. The number of nitrogens with one attached hydrogen (secondary N) is 2. The summed E-state index contributed by atoms with van der Waals surface area (Å²) in [6.07, 6.45) is 1.48. The SMILES string of the molecule is CCOc1ccc(S(=O)(=O)NCc2cn[nH]c2N)cc1. The molecule has 0 atom stereocenters. The van der Waals surface area contributed by atoms with Crippen LogP contribution in [0.3, 0.4) is 0 Å². The van der Waals surface area contributed by atoms with Crippen molar-refractivity contribution in [3.05, 3.63) is 36.0 Å². The molecule has 1 heterocycles. The number of aromatic nitrogens is 2. The van der Waals surface area contributed by atoms with Gasteiger partial charge in [0.2, 0.25) is 10.0 Å². The van der Waals surface area contributed by atoms with Crippen LogP contribution < -0.4 is 15.2 Å². The zero-order valence-corrected chi connectivity index (χ0v) is 11.8. The average molecular weight is 296 g/mol. The average Bonchev–Trinajstić information content (AvgIpc) is 2.83. The van der Waals surface area contributed by atoms with Crippen molar-refractivity contribution in [1.82, 2.24) is 14.9 Å². The van der Waals surface area contributed by atoms with Crippen molar-refractivity contribution in [3.8, 4) is 5.75 Å². The van der Waals surface area contributed by atoms with Crippen molar-refractivity contribution in [2.75, 3.05) is 12.3 Å². The number of H-pyrrole nitrogens is 1. The van der Waals surface area contributed by atoms with Gasteiger partial charge in [-0.05, 0) is 31.2 Å². The molecular weight excluding hydrogens is 280 g/mol. The lowest BCUT2D eigenvalue weighted by Crippen LogP contribution is -2.23. The maximum atomic E-state index is 12.1. The predicted molar refractivity (Wildman–Crippen MR) is 74.6 cm³/mol. The van der Waals surface area contributed by atoms with Crippen molar-refractivity contribution in [2.45, 2.75) is 18.4 Å². The third-order valence-electron chi connectivity index (χ3n) is 2.65. The number of anilines is 1. The van der Waals surface area contributed by atoms with Gasteiger partial charge in [0, 0.05) is 12.1 Å². The number of hydrogen-bond acceptors (Lipinski definition) is 5. The quantitative estimate of drug-likeness (QED) is 0.732. The smallest absolute Gasteiger partial charge is 0.240 e. The molecule has 0 amide bonds. The summed E-state index contributed by atoms with van der Waals surface area (Å²) in [6, 6.07) is 6.21. The van der Waals surface area contributed by atoms with Gasteiger partial charge >= 0.3 is 0 Å². The minimum absolute atomic E-state index is 0.0812. The van der Waals surface area contributed by atoms with Crippen LogP contribution in [-0.2, 0) is 16.6 Å². The molecule has 2 rings (SSSR count). The molecule has 108 valence electrons. The van der Waals surface area contributed by atoms with Gasteiger partial charge in [-0.1, -0.05) is 0 Å². The van der Waals surface area contributed by atoms with Gasteiger partial charge in [0.1, 0.15) is 11.6 Å². The number of nitrogen functional groups attached to an aromatic ring is 1. The molecule has 2 aromatic rings. The van der Waals surface area contributed by atoms with Gasteiger partial charge in [0.25, 0.3) is 0 Å². The fourth-order valence-corrected chi connectivity index (χ4v) is 2.61. The van der Waals surface area contributed by atoms with Crippen LogP contribution in [0.15, 0.2) is 35.4 Å². The molecule has 8 heteroatoms. The Morgan fingerprint density at radius 1 is 1.35 bits per heavy atom. The lowest BCUT2D eigenvalue weighted by atomic mass is 10.3. The molecule has 0 aliphatic heterocycles. The molecular formula is C12H16N4O3S. The highest BCUT2D eigenvalue weighted by Gasteiger charge is 2.14. The Morgan fingerprint density at radius 2 is 2.05 bits per heavy atom. The zero-order valence-electron chi connectivity index (χ0n) is 11.0. The van der Waals surface area contributed by atoms with Gasteiger partial charge in [-0.2, -0.15) is 5.10 Å². The van der Waals surface area contributed by atoms with Crippen LogP contribution in [0.25, 0.3) is 0 Å². The van der Waals surface area contributed by atoms with Crippen LogP contribution in [0, 0.1) is 0 Å². The molecule has 0 bridgehead atoms. The van der Waals surface area contributed by atoms with Gasteiger partial charge in [0.05, 0.1) is 17.7 Å². The first kappa shape index (κ1) is 14.4. The number of benzene rings is 1. The fraction of sp³-hybridized carbons (Fsp3) is 0.250. The molecule has 1 aromatic heterocycles. The van der Waals surface area contributed by atoms with E-state index in [9.17, 15) is 8.42 Å². The molecule has 0 saturated heterocycles. The fourth-order valence-electron chi connectivity index (χ4n) is 1.60. The van der Waals surface area contributed by atoms with E-state index in [1.807, 2.05) is 6.92 Å². The summed E-state index contributed by atoms with van der Waals surface area (Å²) >= 11 is 0. The van der Waals surface area contributed by atoms with E-state index >= 15 is 0 Å². The molecule has 0 fully saturated rings. The van der Waals surface area contributed by atoms with E-state index < -0.39 is 10.0 Å². The summed E-state index contributed by atoms with van der Waals surface area (Å²) in [4.78, 5) is 0.169. The highest BCUT2D eigenvalue weighted by atomic mass is 32.2. The molecule has 1 aromatic carbocycles. The standard InChI is InChI=1S/C12H16N4O3S/c1-2-19-10-3-5-11(6-4-10)20(17,18)15-8-9-7-14-16-12(9)13/h3-7,15H,2,8H2,1H3,(H3,13,14,16). The highest BCUT2D eigenvalue weighted by molar-refractivity contribution is 7.89. The first-order chi connectivity index (χ1) is 9.53. The van der Waals surface area contributed by atoms with E-state index in [0.717, 1.165) is 0 Å². The molecule has 4 N–H and O–H groups in total.